The molecule has 2 aromatic carbocycles. The maximum atomic E-state index is 13.9. The molecule has 2 aromatic rings. The highest BCUT2D eigenvalue weighted by Crippen LogP contribution is 2.52. The van der Waals surface area contributed by atoms with Gasteiger partial charge < -0.3 is 43.7 Å². The van der Waals surface area contributed by atoms with Crippen LogP contribution < -0.4 is 4.74 Å². The van der Waals surface area contributed by atoms with Crippen LogP contribution in [0.25, 0.3) is 0 Å². The summed E-state index contributed by atoms with van der Waals surface area (Å²) in [5, 5.41) is 33.0. The number of hydrogen-bond acceptors (Lipinski definition) is 13. The predicted octanol–water partition coefficient (Wildman–Crippen LogP) is 1.60. The normalized spacial score (nSPS) is 32.3. The van der Waals surface area contributed by atoms with Crippen molar-refractivity contribution < 1.29 is 58.1 Å². The Hall–Kier alpha value is -3.43. The summed E-state index contributed by atoms with van der Waals surface area (Å²) in [5.74, 6) is -3.45. The maximum absolute atomic E-state index is 13.9. The molecule has 0 radical (unpaired) electrons. The topological polar surface area (TPSA) is 171 Å². The molecule has 0 aromatic heterocycles. The predicted molar refractivity (Wildman–Crippen MR) is 152 cm³/mol. The molecule has 8 atom stereocenters. The molecule has 2 unspecified atom stereocenters. The number of aliphatic hydroxyl groups excluding tert-OH is 1. The van der Waals surface area contributed by atoms with Crippen LogP contribution in [0.15, 0.2) is 18.2 Å². The SMILES string of the molecule is COc1cccc2c1C(=O)c1c(O)c3c(c(O)c1C2=O)CC(C(=O)CO)C[C@@H]3O[C@H]1CC2[C@H](O[C@@H]3[C@@H](OC)OCCN23)[C@H](C)O1. The van der Waals surface area contributed by atoms with Crippen LogP contribution in [-0.2, 0) is 34.9 Å². The van der Waals surface area contributed by atoms with Crippen molar-refractivity contribution >= 4 is 17.3 Å². The van der Waals surface area contributed by atoms with E-state index in [1.54, 1.807) is 13.2 Å². The first-order valence-corrected chi connectivity index (χ1v) is 15.1. The second-order valence-electron chi connectivity index (χ2n) is 12.0. The summed E-state index contributed by atoms with van der Waals surface area (Å²) in [6.45, 7) is 2.22. The number of ketones is 3. The minimum absolute atomic E-state index is 0.0140. The number of fused-ring (bicyclic) bond motifs is 6. The van der Waals surface area contributed by atoms with E-state index in [1.165, 1.54) is 19.2 Å². The molecule has 240 valence electrons. The molecular formula is C32H35NO12. The number of aromatic hydroxyl groups is 2. The Morgan fingerprint density at radius 3 is 2.56 bits per heavy atom. The Labute approximate surface area is 258 Å². The van der Waals surface area contributed by atoms with Gasteiger partial charge in [-0.1, -0.05) is 12.1 Å². The number of hydrogen-bond donors (Lipinski definition) is 3. The standard InChI is InChI=1S/C32H35NO12/c1-13-30-17(33-7-8-42-32(41-3)31(33)45-30)11-21(43-13)44-20-10-14(18(35)12-34)9-16-23(20)29(39)25-24(27(16)37)26(36)15-5-4-6-19(40-2)22(15)28(25)38/h4-6,13-14,17,20-21,30-32,34,37,39H,7-12H2,1-3H3/t13-,14?,17?,20-,21-,30+,31+,32-/m0/s1. The van der Waals surface area contributed by atoms with Gasteiger partial charge in [-0.15, -0.1) is 0 Å². The molecule has 13 heteroatoms. The summed E-state index contributed by atoms with van der Waals surface area (Å²) in [4.78, 5) is 42.5. The number of morpholine rings is 1. The molecule has 5 aliphatic rings. The van der Waals surface area contributed by atoms with Crippen LogP contribution in [0.3, 0.4) is 0 Å². The molecule has 13 nitrogen and oxygen atoms in total. The molecule has 3 fully saturated rings. The molecule has 2 aliphatic carbocycles. The fourth-order valence-corrected chi connectivity index (χ4v) is 7.67. The zero-order valence-corrected chi connectivity index (χ0v) is 25.1. The van der Waals surface area contributed by atoms with Gasteiger partial charge in [0.05, 0.1) is 42.6 Å². The molecule has 3 aliphatic heterocycles. The zero-order valence-electron chi connectivity index (χ0n) is 25.1. The van der Waals surface area contributed by atoms with Crippen LogP contribution in [0.2, 0.25) is 0 Å². The first kappa shape index (κ1) is 30.2. The van der Waals surface area contributed by atoms with Gasteiger partial charge in [-0.25, -0.2) is 0 Å². The highest BCUT2D eigenvalue weighted by molar-refractivity contribution is 6.31. The lowest BCUT2D eigenvalue weighted by Gasteiger charge is -2.42. The lowest BCUT2D eigenvalue weighted by Crippen LogP contribution is -2.55. The number of aliphatic hydroxyl groups is 1. The Morgan fingerprint density at radius 1 is 1.04 bits per heavy atom. The van der Waals surface area contributed by atoms with E-state index in [0.29, 0.717) is 19.6 Å². The van der Waals surface area contributed by atoms with Crippen molar-refractivity contribution in [3.63, 3.8) is 0 Å². The van der Waals surface area contributed by atoms with Gasteiger partial charge in [0.1, 0.15) is 30.0 Å². The van der Waals surface area contributed by atoms with Crippen LogP contribution in [-0.4, -0.2) is 109 Å². The van der Waals surface area contributed by atoms with Crippen molar-refractivity contribution in [2.45, 2.75) is 69.3 Å². The number of carbonyl (C=O) groups is 3. The number of ether oxygens (including phenoxy) is 6. The highest BCUT2D eigenvalue weighted by Gasteiger charge is 2.54. The van der Waals surface area contributed by atoms with Crippen molar-refractivity contribution in [2.24, 2.45) is 5.92 Å². The van der Waals surface area contributed by atoms with Gasteiger partial charge in [-0.3, -0.25) is 19.3 Å². The second-order valence-corrected chi connectivity index (χ2v) is 12.0. The van der Waals surface area contributed by atoms with Gasteiger partial charge in [0.25, 0.3) is 0 Å². The summed E-state index contributed by atoms with van der Waals surface area (Å²) in [6, 6.07) is 4.45. The van der Waals surface area contributed by atoms with Gasteiger partial charge >= 0.3 is 0 Å². The average Bonchev–Trinajstić information content (AvgIpc) is 3.43. The van der Waals surface area contributed by atoms with Crippen molar-refractivity contribution in [1.82, 2.24) is 4.90 Å². The summed E-state index contributed by atoms with van der Waals surface area (Å²) < 4.78 is 35.6. The van der Waals surface area contributed by atoms with E-state index >= 15 is 0 Å². The number of nitrogens with zero attached hydrogens (tertiary/aromatic N) is 1. The quantitative estimate of drug-likeness (QED) is 0.338. The summed E-state index contributed by atoms with van der Waals surface area (Å²) in [5.41, 5.74) is -0.449. The van der Waals surface area contributed by atoms with Crippen molar-refractivity contribution in [3.8, 4) is 17.2 Å². The van der Waals surface area contributed by atoms with Crippen LogP contribution in [0, 0.1) is 5.92 Å². The first-order chi connectivity index (χ1) is 21.7. The maximum Gasteiger partial charge on any atom is 0.202 e. The van der Waals surface area contributed by atoms with E-state index in [4.69, 9.17) is 28.4 Å². The molecule has 7 rings (SSSR count). The zero-order chi connectivity index (χ0) is 31.7. The van der Waals surface area contributed by atoms with E-state index in [9.17, 15) is 29.7 Å². The fourth-order valence-electron chi connectivity index (χ4n) is 7.67. The number of rotatable bonds is 6. The minimum atomic E-state index is -1.02. The van der Waals surface area contributed by atoms with Crippen LogP contribution in [0.5, 0.6) is 17.2 Å². The second kappa shape index (κ2) is 11.4. The number of methoxy groups -OCH3 is 2. The Kier molecular flexibility index (Phi) is 7.68. The number of carbonyl (C=O) groups excluding carboxylic acids is 3. The Bertz CT molecular complexity index is 1570. The largest absolute Gasteiger partial charge is 0.507 e. The number of Topliss-reactive ketones (excluding diaryl/α,β-unsaturated/α-hetero) is 1. The van der Waals surface area contributed by atoms with E-state index in [0.717, 1.165) is 0 Å². The lowest BCUT2D eigenvalue weighted by molar-refractivity contribution is -0.254. The number of phenolic OH excluding ortho intramolecular Hbond substituents is 2. The molecule has 0 amide bonds. The van der Waals surface area contributed by atoms with Gasteiger partial charge in [-0.2, -0.15) is 0 Å². The molecule has 0 bridgehead atoms. The molecular weight excluding hydrogens is 590 g/mol. The monoisotopic (exact) mass is 625 g/mol. The van der Waals surface area contributed by atoms with Crippen LogP contribution >= 0.6 is 0 Å². The van der Waals surface area contributed by atoms with Crippen LogP contribution in [0.4, 0.5) is 0 Å². The first-order valence-electron chi connectivity index (χ1n) is 15.1. The summed E-state index contributed by atoms with van der Waals surface area (Å²) >= 11 is 0. The fraction of sp³-hybridized carbons (Fsp3) is 0.531. The van der Waals surface area contributed by atoms with Gasteiger partial charge in [0, 0.05) is 48.7 Å². The van der Waals surface area contributed by atoms with Crippen molar-refractivity contribution in [1.29, 1.82) is 0 Å². The molecule has 3 heterocycles. The lowest BCUT2D eigenvalue weighted by atomic mass is 9.73. The summed E-state index contributed by atoms with van der Waals surface area (Å²) in [7, 11) is 2.93. The molecule has 0 spiro atoms. The summed E-state index contributed by atoms with van der Waals surface area (Å²) in [6.07, 6.45) is -3.12. The third-order valence-corrected chi connectivity index (χ3v) is 9.75. The number of phenols is 2. The molecule has 45 heavy (non-hydrogen) atoms. The molecule has 0 saturated carbocycles. The Balaban J connectivity index is 1.27. The van der Waals surface area contributed by atoms with Crippen LogP contribution in [0.1, 0.15) is 68.8 Å². The Morgan fingerprint density at radius 2 is 1.82 bits per heavy atom. The van der Waals surface area contributed by atoms with E-state index in [2.05, 4.69) is 4.90 Å². The van der Waals surface area contributed by atoms with E-state index in [-0.39, 0.29) is 64.1 Å². The van der Waals surface area contributed by atoms with Gasteiger partial charge in [-0.05, 0) is 25.8 Å². The highest BCUT2D eigenvalue weighted by atomic mass is 16.7. The average molecular weight is 626 g/mol. The van der Waals surface area contributed by atoms with E-state index in [1.807, 2.05) is 6.92 Å². The van der Waals surface area contributed by atoms with Crippen molar-refractivity contribution in [3.05, 3.63) is 51.6 Å². The van der Waals surface area contributed by atoms with Crippen molar-refractivity contribution in [2.75, 3.05) is 34.0 Å². The third-order valence-electron chi connectivity index (χ3n) is 9.75. The third kappa shape index (κ3) is 4.60. The van der Waals surface area contributed by atoms with E-state index < -0.39 is 72.4 Å². The molecule has 3 saturated heterocycles. The van der Waals surface area contributed by atoms with Gasteiger partial charge in [0.15, 0.2) is 30.4 Å². The van der Waals surface area contributed by atoms with Gasteiger partial charge in [0.2, 0.25) is 5.78 Å². The minimum Gasteiger partial charge on any atom is -0.507 e. The molecule has 3 N–H and O–H groups in total. The number of benzene rings is 2. The smallest absolute Gasteiger partial charge is 0.202 e.